The van der Waals surface area contributed by atoms with Gasteiger partial charge in [-0.25, -0.2) is 0 Å². The average Bonchev–Trinajstić information content (AvgIpc) is 2.23. The third-order valence-corrected chi connectivity index (χ3v) is 8.34. The van der Waals surface area contributed by atoms with Crippen molar-refractivity contribution in [2.75, 3.05) is 6.61 Å². The third-order valence-electron chi connectivity index (χ3n) is 3.84. The van der Waals surface area contributed by atoms with Gasteiger partial charge in [-0.05, 0) is 49.5 Å². The van der Waals surface area contributed by atoms with Gasteiger partial charge in [-0.2, -0.15) is 0 Å². The molecule has 106 valence electrons. The summed E-state index contributed by atoms with van der Waals surface area (Å²) in [5.41, 5.74) is 4.70. The number of hydrogen-bond acceptors (Lipinski definition) is 1. The Morgan fingerprint density at radius 2 is 1.83 bits per heavy atom. The Morgan fingerprint density at radius 1 is 1.22 bits per heavy atom. The number of hydrogen-bond donors (Lipinski definition) is 0. The minimum atomic E-state index is -1.59. The highest BCUT2D eigenvalue weighted by atomic mass is 28.4. The van der Waals surface area contributed by atoms with E-state index in [0.29, 0.717) is 11.6 Å². The van der Waals surface area contributed by atoms with Gasteiger partial charge in [-0.3, -0.25) is 0 Å². The van der Waals surface area contributed by atoms with Crippen molar-refractivity contribution in [1.29, 1.82) is 0 Å². The molecule has 0 unspecified atom stereocenters. The largest absolute Gasteiger partial charge is 0.413 e. The van der Waals surface area contributed by atoms with Crippen LogP contribution in [0, 0.1) is 0 Å². The van der Waals surface area contributed by atoms with E-state index in [0.717, 1.165) is 0 Å². The summed E-state index contributed by atoms with van der Waals surface area (Å²) in [5.74, 6) is 0. The van der Waals surface area contributed by atoms with Crippen LogP contribution in [0.15, 0.2) is 17.4 Å². The van der Waals surface area contributed by atoms with Gasteiger partial charge in [-0.15, -0.1) is 5.73 Å². The molecule has 0 saturated heterocycles. The lowest BCUT2D eigenvalue weighted by molar-refractivity contribution is 0.328. The average molecular weight is 269 g/mol. The summed E-state index contributed by atoms with van der Waals surface area (Å²) in [4.78, 5) is 0. The molecule has 0 spiro atoms. The summed E-state index contributed by atoms with van der Waals surface area (Å²) >= 11 is 0. The minimum absolute atomic E-state index is 0.292. The van der Waals surface area contributed by atoms with Crippen LogP contribution >= 0.6 is 0 Å². The minimum Gasteiger partial charge on any atom is -0.413 e. The zero-order chi connectivity index (χ0) is 14.2. The fourth-order valence-electron chi connectivity index (χ4n) is 1.39. The Labute approximate surface area is 115 Å². The summed E-state index contributed by atoms with van der Waals surface area (Å²) in [5, 5.41) is 0.292. The Hall–Kier alpha value is -0.303. The van der Waals surface area contributed by atoms with E-state index in [4.69, 9.17) is 4.43 Å². The standard InChI is InChI=1S/C16H32OSi/c1-8-9-10-12-15(2)13-11-14-17-18(6,7)16(3,4)5/h11H,8-10,12,14H2,1-7H3. The lowest BCUT2D eigenvalue weighted by atomic mass is 10.1. The van der Waals surface area contributed by atoms with E-state index >= 15 is 0 Å². The third kappa shape index (κ3) is 7.20. The maximum atomic E-state index is 6.08. The predicted octanol–water partition coefficient (Wildman–Crippen LogP) is 5.69. The van der Waals surface area contributed by atoms with Crippen LogP contribution in [0.1, 0.15) is 60.3 Å². The molecule has 0 aliphatic carbocycles. The molecular weight excluding hydrogens is 236 g/mol. The van der Waals surface area contributed by atoms with Crippen molar-refractivity contribution in [3.8, 4) is 0 Å². The first-order chi connectivity index (χ1) is 8.20. The molecule has 0 aromatic heterocycles. The van der Waals surface area contributed by atoms with Crippen LogP contribution in [0.4, 0.5) is 0 Å². The fraction of sp³-hybridized carbons (Fsp3) is 0.812. The molecule has 1 nitrogen and oxygen atoms in total. The summed E-state index contributed by atoms with van der Waals surface area (Å²) in [6.45, 7) is 16.5. The molecule has 0 N–H and O–H groups in total. The topological polar surface area (TPSA) is 9.23 Å². The Balaban J connectivity index is 4.13. The SMILES string of the molecule is CCCCCC(C)=C=CCO[Si](C)(C)C(C)(C)C. The molecule has 0 aromatic rings. The van der Waals surface area contributed by atoms with E-state index in [9.17, 15) is 0 Å². The van der Waals surface area contributed by atoms with Gasteiger partial charge < -0.3 is 4.43 Å². The lowest BCUT2D eigenvalue weighted by Crippen LogP contribution is -2.40. The lowest BCUT2D eigenvalue weighted by Gasteiger charge is -2.35. The van der Waals surface area contributed by atoms with Crippen LogP contribution in [0.2, 0.25) is 18.1 Å². The molecule has 0 saturated carbocycles. The van der Waals surface area contributed by atoms with Crippen molar-refractivity contribution in [2.45, 2.75) is 78.4 Å². The molecule has 0 aromatic carbocycles. The molecular formula is C16H32OSi. The molecule has 0 atom stereocenters. The van der Waals surface area contributed by atoms with E-state index in [1.807, 2.05) is 0 Å². The van der Waals surface area contributed by atoms with Gasteiger partial charge in [-0.1, -0.05) is 40.5 Å². The van der Waals surface area contributed by atoms with E-state index in [1.54, 1.807) is 0 Å². The molecule has 0 radical (unpaired) electrons. The smallest absolute Gasteiger partial charge is 0.192 e. The summed E-state index contributed by atoms with van der Waals surface area (Å²) < 4.78 is 6.08. The van der Waals surface area contributed by atoms with Crippen molar-refractivity contribution in [3.63, 3.8) is 0 Å². The molecule has 0 bridgehead atoms. The Bertz CT molecular complexity index is 291. The van der Waals surface area contributed by atoms with Crippen molar-refractivity contribution in [3.05, 3.63) is 17.4 Å². The fourth-order valence-corrected chi connectivity index (χ4v) is 2.33. The highest BCUT2D eigenvalue weighted by Crippen LogP contribution is 2.36. The molecule has 18 heavy (non-hydrogen) atoms. The molecule has 0 heterocycles. The number of unbranched alkanes of at least 4 members (excludes halogenated alkanes) is 2. The van der Waals surface area contributed by atoms with Gasteiger partial charge in [0.15, 0.2) is 8.32 Å². The van der Waals surface area contributed by atoms with Gasteiger partial charge >= 0.3 is 0 Å². The molecule has 0 rings (SSSR count). The monoisotopic (exact) mass is 268 g/mol. The first kappa shape index (κ1) is 17.7. The first-order valence-corrected chi connectivity index (χ1v) is 10.2. The number of rotatable bonds is 7. The Morgan fingerprint density at radius 3 is 2.33 bits per heavy atom. The zero-order valence-corrected chi connectivity index (χ0v) is 14.5. The van der Waals surface area contributed by atoms with Crippen molar-refractivity contribution >= 4 is 8.32 Å². The molecule has 0 aliphatic heterocycles. The normalized spacial score (nSPS) is 12.2. The predicted molar refractivity (Wildman–Crippen MR) is 84.6 cm³/mol. The van der Waals surface area contributed by atoms with Crippen molar-refractivity contribution in [2.24, 2.45) is 0 Å². The van der Waals surface area contributed by atoms with Crippen LogP contribution in [0.5, 0.6) is 0 Å². The van der Waals surface area contributed by atoms with Gasteiger partial charge in [0.2, 0.25) is 0 Å². The summed E-state index contributed by atoms with van der Waals surface area (Å²) in [6.07, 6.45) is 7.11. The van der Waals surface area contributed by atoms with Crippen LogP contribution in [-0.4, -0.2) is 14.9 Å². The summed E-state index contributed by atoms with van der Waals surface area (Å²) in [6, 6.07) is 0. The van der Waals surface area contributed by atoms with Crippen molar-refractivity contribution in [1.82, 2.24) is 0 Å². The Kier molecular flexibility index (Phi) is 7.85. The molecule has 0 fully saturated rings. The summed E-state index contributed by atoms with van der Waals surface area (Å²) in [7, 11) is -1.59. The van der Waals surface area contributed by atoms with E-state index < -0.39 is 8.32 Å². The quantitative estimate of drug-likeness (QED) is 0.327. The van der Waals surface area contributed by atoms with E-state index in [-0.39, 0.29) is 0 Å². The highest BCUT2D eigenvalue weighted by molar-refractivity contribution is 6.74. The second kappa shape index (κ2) is 7.99. The second-order valence-corrected chi connectivity index (χ2v) is 11.5. The second-order valence-electron chi connectivity index (χ2n) is 6.66. The molecule has 0 amide bonds. The van der Waals surface area contributed by atoms with E-state index in [1.165, 1.54) is 31.3 Å². The maximum absolute atomic E-state index is 6.08. The van der Waals surface area contributed by atoms with Gasteiger partial charge in [0.25, 0.3) is 0 Å². The van der Waals surface area contributed by atoms with Crippen LogP contribution in [-0.2, 0) is 4.43 Å². The molecule has 2 heteroatoms. The molecule has 0 aliphatic rings. The zero-order valence-electron chi connectivity index (χ0n) is 13.5. The highest BCUT2D eigenvalue weighted by Gasteiger charge is 2.36. The van der Waals surface area contributed by atoms with Crippen LogP contribution in [0.3, 0.4) is 0 Å². The van der Waals surface area contributed by atoms with Crippen LogP contribution in [0.25, 0.3) is 0 Å². The maximum Gasteiger partial charge on any atom is 0.192 e. The van der Waals surface area contributed by atoms with Gasteiger partial charge in [0.05, 0.1) is 6.61 Å². The van der Waals surface area contributed by atoms with E-state index in [2.05, 4.69) is 59.5 Å². The van der Waals surface area contributed by atoms with Crippen LogP contribution < -0.4 is 0 Å². The van der Waals surface area contributed by atoms with Gasteiger partial charge in [0.1, 0.15) is 0 Å². The van der Waals surface area contributed by atoms with Gasteiger partial charge in [0, 0.05) is 0 Å². The first-order valence-electron chi connectivity index (χ1n) is 7.25. The van der Waals surface area contributed by atoms with Crippen molar-refractivity contribution < 1.29 is 4.43 Å².